The molecule has 3 aliphatic heterocycles. The molecule has 3 heterocycles. The smallest absolute Gasteiger partial charge is 0.306 e. The first-order chi connectivity index (χ1) is 25.4. The number of esters is 1. The summed E-state index contributed by atoms with van der Waals surface area (Å²) in [6.45, 7) is 10.4. The van der Waals surface area contributed by atoms with E-state index in [4.69, 9.17) is 37.9 Å². The normalized spacial score (nSPS) is 45.3. The third-order valence-corrected chi connectivity index (χ3v) is 13.7. The van der Waals surface area contributed by atoms with Crippen molar-refractivity contribution in [2.75, 3.05) is 35.4 Å². The van der Waals surface area contributed by atoms with Gasteiger partial charge in [0.2, 0.25) is 0 Å². The molecule has 0 spiro atoms. The van der Waals surface area contributed by atoms with Crippen LogP contribution in [0, 0.1) is 35.5 Å². The fraction of sp³-hybridized carbons (Fsp3) is 0.857. The number of likely N-dealkylation sites (N-methyl/N-ethyl adjacent to an activating group) is 1. The summed E-state index contributed by atoms with van der Waals surface area (Å²) in [5.74, 6) is 0.00947. The molecule has 3 saturated heterocycles. The Kier molecular flexibility index (Phi) is 13.6. The van der Waals surface area contributed by atoms with Crippen LogP contribution in [0.1, 0.15) is 92.4 Å². The van der Waals surface area contributed by atoms with Crippen LogP contribution in [-0.2, 0) is 47.5 Å². The molecule has 0 amide bonds. The zero-order chi connectivity index (χ0) is 38.1. The molecule has 0 N–H and O–H groups in total. The van der Waals surface area contributed by atoms with Crippen LogP contribution in [0.4, 0.5) is 0 Å². The third kappa shape index (κ3) is 8.53. The highest BCUT2D eigenvalue weighted by atomic mass is 16.7. The lowest BCUT2D eigenvalue weighted by atomic mass is 9.67. The van der Waals surface area contributed by atoms with Crippen molar-refractivity contribution in [3.05, 3.63) is 23.3 Å². The maximum Gasteiger partial charge on any atom is 0.306 e. The van der Waals surface area contributed by atoms with Crippen LogP contribution in [0.2, 0.25) is 0 Å². The summed E-state index contributed by atoms with van der Waals surface area (Å²) in [5.41, 5.74) is 2.07. The average Bonchev–Trinajstić information content (AvgIpc) is 3.71. The second kappa shape index (κ2) is 17.6. The lowest BCUT2D eigenvalue weighted by Gasteiger charge is -2.44. The number of nitrogens with zero attached hydrogens (tertiary/aromatic N) is 1. The van der Waals surface area contributed by atoms with E-state index in [1.165, 1.54) is 5.57 Å². The van der Waals surface area contributed by atoms with E-state index in [0.717, 1.165) is 50.5 Å². The number of ketones is 1. The molecule has 6 aliphatic rings. The van der Waals surface area contributed by atoms with Gasteiger partial charge >= 0.3 is 5.97 Å². The van der Waals surface area contributed by atoms with Crippen molar-refractivity contribution >= 4 is 11.8 Å². The number of fused-ring (bicyclic) bond motifs is 5. The Morgan fingerprint density at radius 1 is 0.811 bits per heavy atom. The second-order valence-electron chi connectivity index (χ2n) is 17.0. The molecule has 0 unspecified atom stereocenters. The number of Topliss-reactive ketones (excluding diaryl/α,β-unsaturated/α-hetero) is 1. The molecule has 4 fully saturated rings. The van der Waals surface area contributed by atoms with E-state index in [-0.39, 0.29) is 96.8 Å². The van der Waals surface area contributed by atoms with Crippen molar-refractivity contribution in [3.63, 3.8) is 0 Å². The van der Waals surface area contributed by atoms with E-state index in [0.29, 0.717) is 18.4 Å². The van der Waals surface area contributed by atoms with Gasteiger partial charge in [-0.1, -0.05) is 31.6 Å². The molecular formula is C42H67NO10. The van der Waals surface area contributed by atoms with Crippen molar-refractivity contribution in [3.8, 4) is 0 Å². The van der Waals surface area contributed by atoms with E-state index < -0.39 is 12.4 Å². The summed E-state index contributed by atoms with van der Waals surface area (Å²) < 4.78 is 49.8. The number of cyclic esters (lactones) is 1. The standard InChI is InChI=1S/C42H67NO10/c1-11-26-13-12-14-35(53-37-16-15-34(43(6)7)24(4)49-37)23(3)38(45)33-20-31-29(32(33)21-36(44)51-26)17-22(2)28-18-27(19-30(28)31)52-42-41(48-10)40(47-9)39(46-8)25(5)50-42/h17,20,23-32,34-35,37,39-42H,11-16,18-19,21H2,1-10H3/t23-,24-,25+,26+,27-,28+,29-,30-,31-,32+,34+,35+,37-,39+,40-,41-,42+/m1/s1. The number of allylic oxidation sites excluding steroid dienone is 4. The monoisotopic (exact) mass is 745 g/mol. The fourth-order valence-electron chi connectivity index (χ4n) is 10.8. The van der Waals surface area contributed by atoms with Gasteiger partial charge in [-0.2, -0.15) is 0 Å². The van der Waals surface area contributed by atoms with Gasteiger partial charge in [-0.3, -0.25) is 9.59 Å². The topological polar surface area (TPSA) is 111 Å². The fourth-order valence-corrected chi connectivity index (χ4v) is 10.8. The van der Waals surface area contributed by atoms with Gasteiger partial charge in [-0.15, -0.1) is 0 Å². The zero-order valence-corrected chi connectivity index (χ0v) is 33.9. The van der Waals surface area contributed by atoms with Crippen molar-refractivity contribution in [1.82, 2.24) is 4.90 Å². The number of rotatable bonds is 9. The molecule has 17 atom stereocenters. The second-order valence-corrected chi connectivity index (χ2v) is 17.0. The van der Waals surface area contributed by atoms with Crippen LogP contribution in [0.15, 0.2) is 23.3 Å². The molecule has 1 saturated carbocycles. The molecule has 0 aromatic heterocycles. The number of methoxy groups -OCH3 is 3. The minimum Gasteiger partial charge on any atom is -0.462 e. The molecule has 53 heavy (non-hydrogen) atoms. The highest BCUT2D eigenvalue weighted by molar-refractivity contribution is 5.99. The molecule has 0 radical (unpaired) electrons. The molecule has 3 aliphatic carbocycles. The predicted molar refractivity (Wildman–Crippen MR) is 199 cm³/mol. The van der Waals surface area contributed by atoms with Crippen molar-refractivity contribution in [2.24, 2.45) is 35.5 Å². The van der Waals surface area contributed by atoms with E-state index in [9.17, 15) is 9.59 Å². The maximum absolute atomic E-state index is 14.7. The molecule has 0 bridgehead atoms. The summed E-state index contributed by atoms with van der Waals surface area (Å²) in [6, 6.07) is 0.337. The number of carbonyl (C=O) groups excluding carboxylic acids is 2. The maximum atomic E-state index is 14.7. The largest absolute Gasteiger partial charge is 0.462 e. The van der Waals surface area contributed by atoms with Crippen molar-refractivity contribution < 1.29 is 47.5 Å². The first kappa shape index (κ1) is 40.9. The summed E-state index contributed by atoms with van der Waals surface area (Å²) in [4.78, 5) is 30.5. The molecule has 300 valence electrons. The first-order valence-electron chi connectivity index (χ1n) is 20.4. The first-order valence-corrected chi connectivity index (χ1v) is 20.4. The van der Waals surface area contributed by atoms with Gasteiger partial charge in [0.1, 0.15) is 24.4 Å². The Balaban J connectivity index is 1.23. The number of carbonyl (C=O) groups is 2. The van der Waals surface area contributed by atoms with Crippen LogP contribution in [-0.4, -0.2) is 120 Å². The SMILES string of the molecule is CC[C@H]1CCC[C@H](O[C@@H]2CC[C@H](N(C)C)[C@@H](C)O2)[C@@H](C)C(=O)C2=C[C@@H]3[C@@H](C=C(C)[C@@H]4C[C@@H](O[C@@H]5O[C@@H](C)[C@H](OC)[C@@H](OC)[C@H]5OC)C[C@@H]34)[C@@H]2CC(=O)O1. The van der Waals surface area contributed by atoms with E-state index in [1.54, 1.807) is 21.3 Å². The quantitative estimate of drug-likeness (QED) is 0.209. The highest BCUT2D eigenvalue weighted by Gasteiger charge is 2.53. The minimum absolute atomic E-state index is 0.0364. The lowest BCUT2D eigenvalue weighted by molar-refractivity contribution is -0.314. The van der Waals surface area contributed by atoms with Gasteiger partial charge in [0, 0.05) is 39.2 Å². The Morgan fingerprint density at radius 3 is 2.21 bits per heavy atom. The summed E-state index contributed by atoms with van der Waals surface area (Å²) in [5, 5.41) is 0. The third-order valence-electron chi connectivity index (χ3n) is 13.7. The Labute approximate surface area is 317 Å². The molecule has 0 aromatic rings. The number of hydrogen-bond donors (Lipinski definition) is 0. The molecule has 6 rings (SSSR count). The highest BCUT2D eigenvalue weighted by Crippen LogP contribution is 2.56. The Morgan fingerprint density at radius 2 is 1.55 bits per heavy atom. The van der Waals surface area contributed by atoms with Gasteiger partial charge in [-0.25, -0.2) is 0 Å². The summed E-state index contributed by atoms with van der Waals surface area (Å²) in [6.07, 6.45) is 8.58. The van der Waals surface area contributed by atoms with Crippen LogP contribution in [0.25, 0.3) is 0 Å². The summed E-state index contributed by atoms with van der Waals surface area (Å²) in [7, 11) is 9.16. The average molecular weight is 746 g/mol. The zero-order valence-electron chi connectivity index (χ0n) is 33.9. The van der Waals surface area contributed by atoms with Crippen LogP contribution < -0.4 is 0 Å². The van der Waals surface area contributed by atoms with Gasteiger partial charge in [0.15, 0.2) is 18.4 Å². The van der Waals surface area contributed by atoms with E-state index in [2.05, 4.69) is 51.9 Å². The van der Waals surface area contributed by atoms with Crippen LogP contribution in [0.3, 0.4) is 0 Å². The minimum atomic E-state index is -0.598. The van der Waals surface area contributed by atoms with Gasteiger partial charge in [-0.05, 0) is 115 Å². The number of hydrogen-bond acceptors (Lipinski definition) is 11. The number of ether oxygens (including phenoxy) is 8. The van der Waals surface area contributed by atoms with Gasteiger partial charge in [0.25, 0.3) is 0 Å². The Bertz CT molecular complexity index is 1330. The Hall–Kier alpha value is -1.70. The van der Waals surface area contributed by atoms with Crippen LogP contribution in [0.5, 0.6) is 0 Å². The van der Waals surface area contributed by atoms with Gasteiger partial charge < -0.3 is 42.8 Å². The molecule has 0 aromatic carbocycles. The van der Waals surface area contributed by atoms with E-state index in [1.807, 2.05) is 13.8 Å². The van der Waals surface area contributed by atoms with E-state index >= 15 is 0 Å². The summed E-state index contributed by atoms with van der Waals surface area (Å²) >= 11 is 0. The van der Waals surface area contributed by atoms with Crippen molar-refractivity contribution in [2.45, 2.75) is 160 Å². The van der Waals surface area contributed by atoms with Crippen molar-refractivity contribution in [1.29, 1.82) is 0 Å². The molecular weight excluding hydrogens is 678 g/mol. The molecule has 11 nitrogen and oxygen atoms in total. The van der Waals surface area contributed by atoms with Gasteiger partial charge in [0.05, 0.1) is 30.8 Å². The lowest BCUT2D eigenvalue weighted by Crippen LogP contribution is -2.59. The van der Waals surface area contributed by atoms with Crippen LogP contribution >= 0.6 is 0 Å². The predicted octanol–water partition coefficient (Wildman–Crippen LogP) is 5.88. The molecule has 11 heteroatoms.